The summed E-state index contributed by atoms with van der Waals surface area (Å²) < 4.78 is 27.5. The minimum absolute atomic E-state index is 0.0163. The minimum atomic E-state index is -0.586. The molecule has 0 heterocycles. The molecule has 3 N–H and O–H groups in total. The van der Waals surface area contributed by atoms with Crippen molar-refractivity contribution < 1.29 is 8.78 Å². The van der Waals surface area contributed by atoms with Crippen LogP contribution in [-0.4, -0.2) is 24.3 Å². The summed E-state index contributed by atoms with van der Waals surface area (Å²) >= 11 is 3.03. The van der Waals surface area contributed by atoms with Crippen LogP contribution in [-0.2, 0) is 6.54 Å². The molecule has 3 nitrogen and oxygen atoms in total. The number of halogens is 3. The third-order valence-corrected chi connectivity index (χ3v) is 3.30. The molecule has 1 atom stereocenters. The molecular formula is C12H16BrF2N3. The number of benzene rings is 1. The summed E-state index contributed by atoms with van der Waals surface area (Å²) in [6, 6.07) is 2.57. The molecule has 0 saturated heterocycles. The fraction of sp³-hybridized carbons (Fsp3) is 0.417. The van der Waals surface area contributed by atoms with Gasteiger partial charge in [-0.15, -0.1) is 0 Å². The van der Waals surface area contributed by atoms with Gasteiger partial charge in [-0.2, -0.15) is 0 Å². The highest BCUT2D eigenvalue weighted by Gasteiger charge is 2.16. The first-order valence-electron chi connectivity index (χ1n) is 5.47. The lowest BCUT2D eigenvalue weighted by Crippen LogP contribution is -2.32. The van der Waals surface area contributed by atoms with Gasteiger partial charge in [-0.25, -0.2) is 8.78 Å². The SMILES string of the molecule is CC(CN(C)Cc1c(F)ccc(Br)c1F)C(=N)N. The van der Waals surface area contributed by atoms with E-state index >= 15 is 0 Å². The average Bonchev–Trinajstić information content (AvgIpc) is 2.29. The first-order valence-corrected chi connectivity index (χ1v) is 6.27. The van der Waals surface area contributed by atoms with Gasteiger partial charge >= 0.3 is 0 Å². The Morgan fingerprint density at radius 3 is 2.67 bits per heavy atom. The van der Waals surface area contributed by atoms with Crippen molar-refractivity contribution in [2.24, 2.45) is 11.7 Å². The van der Waals surface area contributed by atoms with Crippen LogP contribution in [0.15, 0.2) is 16.6 Å². The third kappa shape index (κ3) is 3.74. The molecule has 0 fully saturated rings. The Morgan fingerprint density at radius 1 is 1.50 bits per heavy atom. The number of nitrogens with zero attached hydrogens (tertiary/aromatic N) is 1. The molecule has 0 amide bonds. The summed E-state index contributed by atoms with van der Waals surface area (Å²) in [5.74, 6) is -1.24. The van der Waals surface area contributed by atoms with Gasteiger partial charge in [0.1, 0.15) is 11.6 Å². The highest BCUT2D eigenvalue weighted by atomic mass is 79.9. The van der Waals surface area contributed by atoms with Crippen LogP contribution in [0.4, 0.5) is 8.78 Å². The maximum Gasteiger partial charge on any atom is 0.144 e. The zero-order chi connectivity index (χ0) is 13.9. The van der Waals surface area contributed by atoms with Crippen LogP contribution < -0.4 is 5.73 Å². The van der Waals surface area contributed by atoms with Crippen molar-refractivity contribution >= 4 is 21.8 Å². The number of hydrogen-bond acceptors (Lipinski definition) is 2. The number of amidine groups is 1. The van der Waals surface area contributed by atoms with E-state index in [1.165, 1.54) is 12.1 Å². The van der Waals surface area contributed by atoms with E-state index in [-0.39, 0.29) is 28.3 Å². The molecule has 0 bridgehead atoms. The summed E-state index contributed by atoms with van der Waals surface area (Å²) in [6.45, 7) is 2.40. The van der Waals surface area contributed by atoms with Crippen molar-refractivity contribution in [2.75, 3.05) is 13.6 Å². The van der Waals surface area contributed by atoms with Crippen LogP contribution in [0.1, 0.15) is 12.5 Å². The molecule has 1 aromatic rings. The van der Waals surface area contributed by atoms with E-state index in [2.05, 4.69) is 15.9 Å². The molecule has 6 heteroatoms. The second kappa shape index (κ2) is 6.24. The fourth-order valence-electron chi connectivity index (χ4n) is 1.61. The molecule has 0 aliphatic heterocycles. The van der Waals surface area contributed by atoms with Crippen LogP contribution in [0, 0.1) is 23.0 Å². The average molecular weight is 320 g/mol. The smallest absolute Gasteiger partial charge is 0.144 e. The lowest BCUT2D eigenvalue weighted by Gasteiger charge is -2.21. The van der Waals surface area contributed by atoms with Gasteiger partial charge in [-0.05, 0) is 35.1 Å². The largest absolute Gasteiger partial charge is 0.387 e. The van der Waals surface area contributed by atoms with E-state index < -0.39 is 11.6 Å². The quantitative estimate of drug-likeness (QED) is 0.498. The van der Waals surface area contributed by atoms with E-state index in [4.69, 9.17) is 11.1 Å². The van der Waals surface area contributed by atoms with Crippen LogP contribution in [0.5, 0.6) is 0 Å². The number of nitrogens with two attached hydrogens (primary N) is 1. The Bertz CT molecular complexity index is 451. The molecule has 1 unspecified atom stereocenters. The molecule has 1 rings (SSSR count). The standard InChI is InChI=1S/C12H16BrF2N3/c1-7(12(16)17)5-18(2)6-8-10(14)4-3-9(13)11(8)15/h3-4,7H,5-6H2,1-2H3,(H3,16,17). The third-order valence-electron chi connectivity index (χ3n) is 2.68. The number of nitrogens with one attached hydrogen (secondary N) is 1. The van der Waals surface area contributed by atoms with E-state index in [9.17, 15) is 8.78 Å². The molecule has 0 aromatic heterocycles. The van der Waals surface area contributed by atoms with Gasteiger partial charge in [-0.1, -0.05) is 6.92 Å². The minimum Gasteiger partial charge on any atom is -0.387 e. The van der Waals surface area contributed by atoms with E-state index in [0.717, 1.165) is 0 Å². The molecule has 0 saturated carbocycles. The van der Waals surface area contributed by atoms with Gasteiger partial charge in [0, 0.05) is 24.6 Å². The number of rotatable bonds is 5. The Balaban J connectivity index is 2.79. The maximum absolute atomic E-state index is 13.7. The van der Waals surface area contributed by atoms with Gasteiger partial charge in [0.15, 0.2) is 0 Å². The van der Waals surface area contributed by atoms with Crippen molar-refractivity contribution in [3.05, 3.63) is 33.8 Å². The van der Waals surface area contributed by atoms with Crippen LogP contribution in [0.3, 0.4) is 0 Å². The van der Waals surface area contributed by atoms with Crippen LogP contribution in [0.25, 0.3) is 0 Å². The second-order valence-electron chi connectivity index (χ2n) is 4.37. The molecule has 0 aliphatic carbocycles. The van der Waals surface area contributed by atoms with E-state index in [0.29, 0.717) is 6.54 Å². The van der Waals surface area contributed by atoms with Crippen molar-refractivity contribution in [1.29, 1.82) is 5.41 Å². The predicted molar refractivity (Wildman–Crippen MR) is 71.5 cm³/mol. The van der Waals surface area contributed by atoms with Gasteiger partial charge in [0.25, 0.3) is 0 Å². The highest BCUT2D eigenvalue weighted by molar-refractivity contribution is 9.10. The first kappa shape index (κ1) is 15.0. The molecule has 100 valence electrons. The Labute approximate surface area is 114 Å². The molecular weight excluding hydrogens is 304 g/mol. The summed E-state index contributed by atoms with van der Waals surface area (Å²) in [5.41, 5.74) is 5.38. The molecule has 0 spiro atoms. The maximum atomic E-state index is 13.7. The topological polar surface area (TPSA) is 53.1 Å². The van der Waals surface area contributed by atoms with E-state index in [1.54, 1.807) is 18.9 Å². The van der Waals surface area contributed by atoms with Crippen molar-refractivity contribution in [2.45, 2.75) is 13.5 Å². The normalized spacial score (nSPS) is 12.8. The van der Waals surface area contributed by atoms with Gasteiger partial charge in [0.05, 0.1) is 10.3 Å². The summed E-state index contributed by atoms with van der Waals surface area (Å²) in [4.78, 5) is 1.74. The fourth-order valence-corrected chi connectivity index (χ4v) is 1.99. The molecule has 0 radical (unpaired) electrons. The molecule has 1 aromatic carbocycles. The highest BCUT2D eigenvalue weighted by Crippen LogP contribution is 2.22. The Hall–Kier alpha value is -1.01. The molecule has 0 aliphatic rings. The van der Waals surface area contributed by atoms with Gasteiger partial charge in [-0.3, -0.25) is 5.41 Å². The first-order chi connectivity index (χ1) is 8.32. The second-order valence-corrected chi connectivity index (χ2v) is 5.23. The zero-order valence-electron chi connectivity index (χ0n) is 10.3. The Morgan fingerprint density at radius 2 is 2.11 bits per heavy atom. The van der Waals surface area contributed by atoms with Crippen molar-refractivity contribution in [3.63, 3.8) is 0 Å². The van der Waals surface area contributed by atoms with Gasteiger partial charge in [0.2, 0.25) is 0 Å². The Kier molecular flexibility index (Phi) is 5.22. The van der Waals surface area contributed by atoms with Crippen molar-refractivity contribution in [3.8, 4) is 0 Å². The summed E-state index contributed by atoms with van der Waals surface area (Å²) in [5, 5.41) is 7.29. The monoisotopic (exact) mass is 319 g/mol. The van der Waals surface area contributed by atoms with Crippen molar-refractivity contribution in [1.82, 2.24) is 4.90 Å². The molecule has 18 heavy (non-hydrogen) atoms. The lowest BCUT2D eigenvalue weighted by atomic mass is 10.1. The van der Waals surface area contributed by atoms with Crippen LogP contribution in [0.2, 0.25) is 0 Å². The zero-order valence-corrected chi connectivity index (χ0v) is 11.9. The van der Waals surface area contributed by atoms with E-state index in [1.807, 2.05) is 0 Å². The number of hydrogen-bond donors (Lipinski definition) is 2. The summed E-state index contributed by atoms with van der Waals surface area (Å²) in [7, 11) is 1.74. The summed E-state index contributed by atoms with van der Waals surface area (Å²) in [6.07, 6.45) is 0. The van der Waals surface area contributed by atoms with Gasteiger partial charge < -0.3 is 10.6 Å². The van der Waals surface area contributed by atoms with Crippen LogP contribution >= 0.6 is 15.9 Å². The predicted octanol–water partition coefficient (Wildman–Crippen LogP) is 2.73. The lowest BCUT2D eigenvalue weighted by molar-refractivity contribution is 0.296.